The van der Waals surface area contributed by atoms with Crippen LogP contribution in [-0.4, -0.2) is 44.9 Å². The summed E-state index contributed by atoms with van der Waals surface area (Å²) in [5, 5.41) is 11.4. The molecule has 1 fully saturated rings. The Kier molecular flexibility index (Phi) is 5.43. The van der Waals surface area contributed by atoms with Gasteiger partial charge in [-0.15, -0.1) is 5.10 Å². The van der Waals surface area contributed by atoms with E-state index >= 15 is 0 Å². The minimum Gasteiger partial charge on any atom is -0.350 e. The largest absolute Gasteiger partial charge is 0.350 e. The van der Waals surface area contributed by atoms with Crippen LogP contribution in [0.15, 0.2) is 59.4 Å². The molecule has 0 bridgehead atoms. The summed E-state index contributed by atoms with van der Waals surface area (Å²) in [7, 11) is 0. The van der Waals surface area contributed by atoms with E-state index in [2.05, 4.69) is 32.7 Å². The Hall–Kier alpha value is -3.06. The fourth-order valence-electron chi connectivity index (χ4n) is 3.69. The number of benzene rings is 2. The number of nitrogens with zero attached hydrogens (tertiary/aromatic N) is 4. The van der Waals surface area contributed by atoms with Gasteiger partial charge in [-0.05, 0) is 37.1 Å². The Labute approximate surface area is 163 Å². The summed E-state index contributed by atoms with van der Waals surface area (Å²) in [6.45, 7) is 2.59. The quantitative estimate of drug-likeness (QED) is 0.730. The number of aromatic nitrogens is 3. The van der Waals surface area contributed by atoms with E-state index < -0.39 is 0 Å². The lowest BCUT2D eigenvalue weighted by Gasteiger charge is -2.33. The molecule has 1 N–H and O–H groups in total. The van der Waals surface area contributed by atoms with Gasteiger partial charge in [0, 0.05) is 19.1 Å². The molecule has 4 rings (SSSR count). The van der Waals surface area contributed by atoms with Crippen molar-refractivity contribution in [2.45, 2.75) is 32.0 Å². The minimum atomic E-state index is -0.296. The average molecular weight is 377 g/mol. The van der Waals surface area contributed by atoms with Gasteiger partial charge >= 0.3 is 0 Å². The minimum absolute atomic E-state index is 0.0779. The first-order chi connectivity index (χ1) is 13.7. The van der Waals surface area contributed by atoms with E-state index in [1.807, 2.05) is 18.2 Å². The summed E-state index contributed by atoms with van der Waals surface area (Å²) < 4.78 is 1.13. The number of carbonyl (C=O) groups excluding carboxylic acids is 1. The second-order valence-electron chi connectivity index (χ2n) is 7.20. The van der Waals surface area contributed by atoms with Crippen LogP contribution < -0.4 is 10.9 Å². The van der Waals surface area contributed by atoms with Crippen molar-refractivity contribution in [1.29, 1.82) is 0 Å². The Morgan fingerprint density at radius 3 is 2.75 bits per heavy atom. The molecule has 1 saturated heterocycles. The lowest BCUT2D eigenvalue weighted by atomic mass is 10.0. The molecule has 2 heterocycles. The summed E-state index contributed by atoms with van der Waals surface area (Å²) >= 11 is 0. The van der Waals surface area contributed by atoms with Crippen molar-refractivity contribution in [2.24, 2.45) is 0 Å². The number of hydrogen-bond acceptors (Lipinski definition) is 5. The molecule has 1 unspecified atom stereocenters. The molecule has 2 aromatic carbocycles. The van der Waals surface area contributed by atoms with Gasteiger partial charge in [-0.2, -0.15) is 0 Å². The van der Waals surface area contributed by atoms with Crippen LogP contribution in [0.2, 0.25) is 0 Å². The van der Waals surface area contributed by atoms with Crippen LogP contribution in [0, 0.1) is 0 Å². The highest BCUT2D eigenvalue weighted by atomic mass is 16.2. The third-order valence-electron chi connectivity index (χ3n) is 5.04. The predicted octanol–water partition coefficient (Wildman–Crippen LogP) is 1.57. The Bertz CT molecular complexity index is 1020. The van der Waals surface area contributed by atoms with Gasteiger partial charge in [0.05, 0.1) is 5.39 Å². The van der Waals surface area contributed by atoms with Crippen molar-refractivity contribution >= 4 is 16.8 Å². The van der Waals surface area contributed by atoms with E-state index in [1.54, 1.807) is 24.3 Å². The van der Waals surface area contributed by atoms with E-state index in [0.717, 1.165) is 37.2 Å². The SMILES string of the molecule is O=C(Cn1nnc2ccccc2c1=O)NC1CCCN(Cc2ccccc2)C1. The maximum Gasteiger partial charge on any atom is 0.278 e. The number of likely N-dealkylation sites (tertiary alicyclic amines) is 1. The molecule has 3 aromatic rings. The Morgan fingerprint density at radius 2 is 1.89 bits per heavy atom. The molecule has 1 amide bonds. The topological polar surface area (TPSA) is 80.1 Å². The zero-order valence-corrected chi connectivity index (χ0v) is 15.6. The smallest absolute Gasteiger partial charge is 0.278 e. The van der Waals surface area contributed by atoms with E-state index in [9.17, 15) is 9.59 Å². The molecular formula is C21H23N5O2. The molecule has 1 aliphatic heterocycles. The highest BCUT2D eigenvalue weighted by Gasteiger charge is 2.22. The third kappa shape index (κ3) is 4.26. The number of fused-ring (bicyclic) bond motifs is 1. The van der Waals surface area contributed by atoms with Crippen molar-refractivity contribution in [3.05, 3.63) is 70.5 Å². The molecule has 1 aliphatic rings. The lowest BCUT2D eigenvalue weighted by molar-refractivity contribution is -0.123. The molecule has 0 radical (unpaired) electrons. The summed E-state index contributed by atoms with van der Waals surface area (Å²) in [5.41, 5.74) is 1.51. The van der Waals surface area contributed by atoms with Crippen LogP contribution in [0.5, 0.6) is 0 Å². The molecule has 7 heteroatoms. The maximum atomic E-state index is 12.5. The van der Waals surface area contributed by atoms with Gasteiger partial charge in [-0.25, -0.2) is 4.68 Å². The normalized spacial score (nSPS) is 17.5. The Morgan fingerprint density at radius 1 is 1.11 bits per heavy atom. The number of rotatable bonds is 5. The second kappa shape index (κ2) is 8.31. The fourth-order valence-corrected chi connectivity index (χ4v) is 3.69. The zero-order valence-electron chi connectivity index (χ0n) is 15.6. The highest BCUT2D eigenvalue weighted by Crippen LogP contribution is 2.13. The van der Waals surface area contributed by atoms with Crippen LogP contribution in [0.4, 0.5) is 0 Å². The molecule has 0 aliphatic carbocycles. The van der Waals surface area contributed by atoms with Crippen LogP contribution in [0.3, 0.4) is 0 Å². The monoisotopic (exact) mass is 377 g/mol. The van der Waals surface area contributed by atoms with Crippen molar-refractivity contribution in [2.75, 3.05) is 13.1 Å². The number of hydrogen-bond donors (Lipinski definition) is 1. The van der Waals surface area contributed by atoms with Crippen molar-refractivity contribution in [1.82, 2.24) is 25.2 Å². The van der Waals surface area contributed by atoms with Crippen molar-refractivity contribution < 1.29 is 4.79 Å². The van der Waals surface area contributed by atoms with Gasteiger partial charge in [0.1, 0.15) is 12.1 Å². The van der Waals surface area contributed by atoms with E-state index in [-0.39, 0.29) is 24.1 Å². The number of carbonyl (C=O) groups is 1. The van der Waals surface area contributed by atoms with Crippen molar-refractivity contribution in [3.8, 4) is 0 Å². The average Bonchev–Trinajstić information content (AvgIpc) is 2.71. The first-order valence-corrected chi connectivity index (χ1v) is 9.57. The number of amides is 1. The van der Waals surface area contributed by atoms with E-state index in [0.29, 0.717) is 10.9 Å². The first-order valence-electron chi connectivity index (χ1n) is 9.57. The molecule has 1 aromatic heterocycles. The van der Waals surface area contributed by atoms with Crippen LogP contribution in [0.25, 0.3) is 10.9 Å². The van der Waals surface area contributed by atoms with Gasteiger partial charge < -0.3 is 5.32 Å². The van der Waals surface area contributed by atoms with Gasteiger partial charge in [-0.1, -0.05) is 47.7 Å². The molecule has 28 heavy (non-hydrogen) atoms. The molecule has 1 atom stereocenters. The third-order valence-corrected chi connectivity index (χ3v) is 5.04. The maximum absolute atomic E-state index is 12.5. The Balaban J connectivity index is 1.37. The van der Waals surface area contributed by atoms with Crippen LogP contribution in [0.1, 0.15) is 18.4 Å². The molecule has 144 valence electrons. The summed E-state index contributed by atoms with van der Waals surface area (Å²) in [6, 6.07) is 17.4. The number of piperidine rings is 1. The van der Waals surface area contributed by atoms with Gasteiger partial charge in [0.25, 0.3) is 5.56 Å². The molecular weight excluding hydrogens is 354 g/mol. The van der Waals surface area contributed by atoms with Crippen molar-refractivity contribution in [3.63, 3.8) is 0 Å². The zero-order chi connectivity index (χ0) is 19.3. The highest BCUT2D eigenvalue weighted by molar-refractivity contribution is 5.78. The molecule has 0 spiro atoms. The van der Waals surface area contributed by atoms with Gasteiger partial charge in [0.15, 0.2) is 0 Å². The molecule has 7 nitrogen and oxygen atoms in total. The first kappa shape index (κ1) is 18.3. The fraction of sp³-hybridized carbons (Fsp3) is 0.333. The standard InChI is InChI=1S/C21H23N5O2/c27-20(15-26-21(28)18-10-4-5-11-19(18)23-24-26)22-17-9-6-12-25(14-17)13-16-7-2-1-3-8-16/h1-5,7-8,10-11,17H,6,9,12-15H2,(H,22,27). The summed E-state index contributed by atoms with van der Waals surface area (Å²) in [6.07, 6.45) is 1.98. The number of nitrogens with one attached hydrogen (secondary N) is 1. The van der Waals surface area contributed by atoms with Crippen LogP contribution in [-0.2, 0) is 17.9 Å². The van der Waals surface area contributed by atoms with E-state index in [4.69, 9.17) is 0 Å². The van der Waals surface area contributed by atoms with Crippen LogP contribution >= 0.6 is 0 Å². The van der Waals surface area contributed by atoms with Gasteiger partial charge in [0.2, 0.25) is 5.91 Å². The lowest BCUT2D eigenvalue weighted by Crippen LogP contribution is -2.48. The predicted molar refractivity (Wildman–Crippen MR) is 107 cm³/mol. The summed E-state index contributed by atoms with van der Waals surface area (Å²) in [5.74, 6) is -0.210. The molecule has 0 saturated carbocycles. The summed E-state index contributed by atoms with van der Waals surface area (Å²) in [4.78, 5) is 27.3. The van der Waals surface area contributed by atoms with Gasteiger partial charge in [-0.3, -0.25) is 14.5 Å². The second-order valence-corrected chi connectivity index (χ2v) is 7.20. The van der Waals surface area contributed by atoms with E-state index in [1.165, 1.54) is 5.56 Å².